The van der Waals surface area contributed by atoms with Crippen LogP contribution < -0.4 is 4.90 Å². The fourth-order valence-electron chi connectivity index (χ4n) is 3.03. The predicted octanol–water partition coefficient (Wildman–Crippen LogP) is 5.37. The van der Waals surface area contributed by atoms with Crippen molar-refractivity contribution in [3.63, 3.8) is 0 Å². The number of fused-ring (bicyclic) bond motifs is 1. The van der Waals surface area contributed by atoms with E-state index >= 15 is 0 Å². The summed E-state index contributed by atoms with van der Waals surface area (Å²) < 4.78 is 6.56. The van der Waals surface area contributed by atoms with E-state index < -0.39 is 0 Å². The van der Waals surface area contributed by atoms with E-state index in [4.69, 9.17) is 4.42 Å². The van der Waals surface area contributed by atoms with Crippen LogP contribution in [-0.4, -0.2) is 10.9 Å². The Labute approximate surface area is 165 Å². The van der Waals surface area contributed by atoms with Crippen LogP contribution in [0.3, 0.4) is 0 Å². The van der Waals surface area contributed by atoms with Crippen molar-refractivity contribution in [2.45, 2.75) is 13.0 Å². The second kappa shape index (κ2) is 7.76. The lowest BCUT2D eigenvalue weighted by Gasteiger charge is -2.22. The van der Waals surface area contributed by atoms with Crippen LogP contribution >= 0.6 is 15.9 Å². The summed E-state index contributed by atoms with van der Waals surface area (Å²) in [4.78, 5) is 19.3. The minimum Gasteiger partial charge on any atom is -0.464 e. The van der Waals surface area contributed by atoms with Gasteiger partial charge in [0.1, 0.15) is 11.4 Å². The molecule has 0 saturated carbocycles. The fraction of sp³-hybridized carbons (Fsp3) is 0.0909. The second-order valence-corrected chi connectivity index (χ2v) is 7.15. The molecule has 0 N–H and O–H groups in total. The average molecular weight is 421 g/mol. The summed E-state index contributed by atoms with van der Waals surface area (Å²) in [5.41, 5.74) is 2.69. The first kappa shape index (κ1) is 17.5. The molecule has 134 valence electrons. The lowest BCUT2D eigenvalue weighted by molar-refractivity contribution is -0.118. The third-order valence-electron chi connectivity index (χ3n) is 4.37. The summed E-state index contributed by atoms with van der Waals surface area (Å²) in [6.45, 7) is 0.468. The van der Waals surface area contributed by atoms with Crippen molar-refractivity contribution in [1.82, 2.24) is 4.98 Å². The normalized spacial score (nSPS) is 10.9. The Morgan fingerprint density at radius 1 is 1.04 bits per heavy atom. The molecule has 27 heavy (non-hydrogen) atoms. The predicted molar refractivity (Wildman–Crippen MR) is 109 cm³/mol. The summed E-state index contributed by atoms with van der Waals surface area (Å²) in [5.74, 6) is 0.612. The SMILES string of the molecule is O=C(Cc1coc2ccc(Br)cc12)N(Cc1ccccc1)c1ccccn1. The van der Waals surface area contributed by atoms with Gasteiger partial charge in [0.05, 0.1) is 19.2 Å². The number of hydrogen-bond acceptors (Lipinski definition) is 3. The molecular weight excluding hydrogens is 404 g/mol. The van der Waals surface area contributed by atoms with Crippen LogP contribution in [0, 0.1) is 0 Å². The smallest absolute Gasteiger partial charge is 0.233 e. The number of carbonyl (C=O) groups is 1. The van der Waals surface area contributed by atoms with Crippen LogP contribution in [0.5, 0.6) is 0 Å². The zero-order valence-corrected chi connectivity index (χ0v) is 16.1. The van der Waals surface area contributed by atoms with Gasteiger partial charge < -0.3 is 4.42 Å². The minimum absolute atomic E-state index is 0.0276. The number of benzene rings is 2. The third kappa shape index (κ3) is 3.93. The largest absolute Gasteiger partial charge is 0.464 e. The molecule has 0 spiro atoms. The van der Waals surface area contributed by atoms with Crippen LogP contribution in [-0.2, 0) is 17.8 Å². The van der Waals surface area contributed by atoms with Crippen LogP contribution in [0.2, 0.25) is 0 Å². The zero-order valence-electron chi connectivity index (χ0n) is 14.5. The van der Waals surface area contributed by atoms with Gasteiger partial charge in [-0.1, -0.05) is 52.3 Å². The number of nitrogens with zero attached hydrogens (tertiary/aromatic N) is 2. The first-order valence-electron chi connectivity index (χ1n) is 8.61. The number of hydrogen-bond donors (Lipinski definition) is 0. The van der Waals surface area contributed by atoms with Crippen LogP contribution in [0.1, 0.15) is 11.1 Å². The number of aromatic nitrogens is 1. The molecule has 0 aliphatic heterocycles. The van der Waals surface area contributed by atoms with Gasteiger partial charge in [-0.05, 0) is 35.9 Å². The molecule has 0 saturated heterocycles. The summed E-state index contributed by atoms with van der Waals surface area (Å²) in [6, 6.07) is 21.3. The Kier molecular flexibility index (Phi) is 5.03. The van der Waals surface area contributed by atoms with Crippen molar-refractivity contribution >= 4 is 38.6 Å². The first-order valence-corrected chi connectivity index (χ1v) is 9.41. The number of rotatable bonds is 5. The van der Waals surface area contributed by atoms with Gasteiger partial charge in [-0.2, -0.15) is 0 Å². The van der Waals surface area contributed by atoms with Crippen molar-refractivity contribution in [2.75, 3.05) is 4.90 Å². The lowest BCUT2D eigenvalue weighted by Crippen LogP contribution is -2.32. The number of furan rings is 1. The highest BCUT2D eigenvalue weighted by atomic mass is 79.9. The van der Waals surface area contributed by atoms with Crippen molar-refractivity contribution in [1.29, 1.82) is 0 Å². The number of amides is 1. The summed E-state index contributed by atoms with van der Waals surface area (Å²) >= 11 is 3.48. The van der Waals surface area contributed by atoms with Crippen molar-refractivity contribution in [2.24, 2.45) is 0 Å². The highest BCUT2D eigenvalue weighted by Gasteiger charge is 2.20. The highest BCUT2D eigenvalue weighted by molar-refractivity contribution is 9.10. The molecule has 4 rings (SSSR count). The second-order valence-electron chi connectivity index (χ2n) is 6.23. The number of anilines is 1. The number of pyridine rings is 1. The van der Waals surface area contributed by atoms with Gasteiger partial charge in [0.25, 0.3) is 0 Å². The Balaban J connectivity index is 1.64. The average Bonchev–Trinajstić information content (AvgIpc) is 3.09. The van der Waals surface area contributed by atoms with Crippen LogP contribution in [0.4, 0.5) is 5.82 Å². The van der Waals surface area contributed by atoms with Crippen molar-refractivity contribution in [3.8, 4) is 0 Å². The molecule has 0 fully saturated rings. The van der Waals surface area contributed by atoms with Crippen molar-refractivity contribution < 1.29 is 9.21 Å². The maximum Gasteiger partial charge on any atom is 0.233 e. The number of carbonyl (C=O) groups excluding carboxylic acids is 1. The van der Waals surface area contributed by atoms with E-state index in [1.54, 1.807) is 17.4 Å². The minimum atomic E-state index is -0.0276. The molecule has 0 unspecified atom stereocenters. The van der Waals surface area contributed by atoms with E-state index in [9.17, 15) is 4.79 Å². The molecule has 5 heteroatoms. The first-order chi connectivity index (χ1) is 13.2. The van der Waals surface area contributed by atoms with E-state index in [1.165, 1.54) is 0 Å². The Morgan fingerprint density at radius 3 is 2.63 bits per heavy atom. The third-order valence-corrected chi connectivity index (χ3v) is 4.86. The molecule has 2 aromatic heterocycles. The van der Waals surface area contributed by atoms with Crippen LogP contribution in [0.15, 0.2) is 88.1 Å². The Bertz CT molecular complexity index is 1060. The molecule has 2 heterocycles. The van der Waals surface area contributed by atoms with Gasteiger partial charge in [0.2, 0.25) is 5.91 Å². The highest BCUT2D eigenvalue weighted by Crippen LogP contribution is 2.26. The molecule has 0 bridgehead atoms. The molecule has 0 atom stereocenters. The van der Waals surface area contributed by atoms with Gasteiger partial charge >= 0.3 is 0 Å². The topological polar surface area (TPSA) is 46.3 Å². The van der Waals surface area contributed by atoms with Crippen LogP contribution in [0.25, 0.3) is 11.0 Å². The Hall–Kier alpha value is -2.92. The summed E-state index contributed by atoms with van der Waals surface area (Å²) in [7, 11) is 0. The van der Waals surface area contributed by atoms with Gasteiger partial charge in [0.15, 0.2) is 0 Å². The molecule has 0 aliphatic carbocycles. The molecule has 1 amide bonds. The molecule has 4 nitrogen and oxygen atoms in total. The number of halogens is 1. The molecule has 2 aromatic carbocycles. The van der Waals surface area contributed by atoms with E-state index in [0.717, 1.165) is 26.6 Å². The zero-order chi connectivity index (χ0) is 18.6. The fourth-order valence-corrected chi connectivity index (χ4v) is 3.39. The maximum atomic E-state index is 13.2. The quantitative estimate of drug-likeness (QED) is 0.436. The summed E-state index contributed by atoms with van der Waals surface area (Å²) in [5, 5.41) is 0.943. The standard InChI is InChI=1S/C22H17BrN2O2/c23-18-9-10-20-19(13-18)17(15-27-20)12-22(26)25(21-8-4-5-11-24-21)14-16-6-2-1-3-7-16/h1-11,13,15H,12,14H2. The molecule has 0 radical (unpaired) electrons. The van der Waals surface area contributed by atoms with Gasteiger partial charge in [-0.25, -0.2) is 4.98 Å². The van der Waals surface area contributed by atoms with E-state index in [1.807, 2.05) is 66.7 Å². The molecular formula is C22H17BrN2O2. The Morgan fingerprint density at radius 2 is 1.85 bits per heavy atom. The molecule has 4 aromatic rings. The summed E-state index contributed by atoms with van der Waals surface area (Å²) in [6.07, 6.45) is 3.60. The van der Waals surface area contributed by atoms with Gasteiger partial charge in [-0.15, -0.1) is 0 Å². The lowest BCUT2D eigenvalue weighted by atomic mass is 10.1. The van der Waals surface area contributed by atoms with Gasteiger partial charge in [-0.3, -0.25) is 9.69 Å². The van der Waals surface area contributed by atoms with E-state index in [0.29, 0.717) is 12.4 Å². The van der Waals surface area contributed by atoms with E-state index in [-0.39, 0.29) is 12.3 Å². The van der Waals surface area contributed by atoms with Crippen molar-refractivity contribution in [3.05, 3.63) is 94.8 Å². The monoisotopic (exact) mass is 420 g/mol. The van der Waals surface area contributed by atoms with Gasteiger partial charge in [0, 0.05) is 21.6 Å². The van der Waals surface area contributed by atoms with E-state index in [2.05, 4.69) is 20.9 Å². The molecule has 0 aliphatic rings. The maximum absolute atomic E-state index is 13.2.